The molecular weight excluding hydrogens is 480 g/mol. The van der Waals surface area contributed by atoms with Gasteiger partial charge in [0.15, 0.2) is 0 Å². The Labute approximate surface area is 226 Å². The summed E-state index contributed by atoms with van der Waals surface area (Å²) in [5, 5.41) is 11.0. The van der Waals surface area contributed by atoms with Gasteiger partial charge in [0.1, 0.15) is 18.0 Å². The Hall–Kier alpha value is -2.87. The summed E-state index contributed by atoms with van der Waals surface area (Å²) in [6, 6.07) is 11.6. The van der Waals surface area contributed by atoms with Crippen molar-refractivity contribution < 1.29 is 24.2 Å². The highest BCUT2D eigenvalue weighted by molar-refractivity contribution is 5.89. The van der Waals surface area contributed by atoms with Crippen LogP contribution in [0.2, 0.25) is 0 Å². The number of rotatable bonds is 6. The minimum Gasteiger partial charge on any atom is -0.507 e. The number of benzene rings is 2. The average molecular weight is 523 g/mol. The summed E-state index contributed by atoms with van der Waals surface area (Å²) in [6.45, 7) is 18.6. The molecule has 2 N–H and O–H groups in total. The molecule has 0 aromatic heterocycles. The van der Waals surface area contributed by atoms with Gasteiger partial charge >= 0.3 is 5.97 Å². The minimum atomic E-state index is -0.498. The Kier molecular flexibility index (Phi) is 8.21. The molecule has 0 amide bonds. The Morgan fingerprint density at radius 2 is 1.63 bits per heavy atom. The molecule has 4 rings (SSSR count). The second-order valence-electron chi connectivity index (χ2n) is 12.4. The summed E-state index contributed by atoms with van der Waals surface area (Å²) in [5.41, 5.74) is 7.69. The summed E-state index contributed by atoms with van der Waals surface area (Å²) < 4.78 is 11.2. The highest BCUT2D eigenvalue weighted by atomic mass is 16.7. The second-order valence-corrected chi connectivity index (χ2v) is 12.4. The summed E-state index contributed by atoms with van der Waals surface area (Å²) in [4.78, 5) is 21.0. The molecule has 2 heterocycles. The molecule has 2 aromatic rings. The van der Waals surface area contributed by atoms with Crippen molar-refractivity contribution >= 4 is 11.7 Å². The fourth-order valence-corrected chi connectivity index (χ4v) is 4.75. The molecule has 0 spiro atoms. The molecule has 7 nitrogen and oxygen atoms in total. The van der Waals surface area contributed by atoms with Crippen LogP contribution in [0.5, 0.6) is 5.75 Å². The molecule has 38 heavy (non-hydrogen) atoms. The molecule has 0 saturated carbocycles. The maximum absolute atomic E-state index is 12.8. The number of nitrogens with one attached hydrogen (secondary N) is 1. The monoisotopic (exact) mass is 522 g/mol. The van der Waals surface area contributed by atoms with E-state index < -0.39 is 12.2 Å². The largest absolute Gasteiger partial charge is 0.507 e. The van der Waals surface area contributed by atoms with E-state index in [1.165, 1.54) is 0 Å². The van der Waals surface area contributed by atoms with Crippen molar-refractivity contribution in [2.75, 3.05) is 26.3 Å². The first-order valence-corrected chi connectivity index (χ1v) is 13.4. The first kappa shape index (κ1) is 28.1. The Bertz CT molecular complexity index is 1130. The normalized spacial score (nSPS) is 19.6. The molecule has 0 aliphatic carbocycles. The smallest absolute Gasteiger partial charge is 0.338 e. The number of hydrogen-bond donors (Lipinski definition) is 2. The second kappa shape index (κ2) is 11.1. The van der Waals surface area contributed by atoms with E-state index in [4.69, 9.17) is 14.3 Å². The maximum atomic E-state index is 12.8. The number of phenols is 1. The number of hydroxylamine groups is 1. The predicted molar refractivity (Wildman–Crippen MR) is 149 cm³/mol. The Balaban J connectivity index is 1.45. The number of morpholine rings is 1. The van der Waals surface area contributed by atoms with Gasteiger partial charge in [-0.05, 0) is 53.7 Å². The molecule has 2 atom stereocenters. The molecule has 1 fully saturated rings. The number of esters is 1. The van der Waals surface area contributed by atoms with Gasteiger partial charge in [0.2, 0.25) is 0 Å². The van der Waals surface area contributed by atoms with E-state index >= 15 is 0 Å². The topological polar surface area (TPSA) is 80.3 Å². The van der Waals surface area contributed by atoms with Gasteiger partial charge in [0.05, 0.1) is 24.5 Å². The third kappa shape index (κ3) is 6.57. The van der Waals surface area contributed by atoms with Crippen LogP contribution in [0, 0.1) is 0 Å². The lowest BCUT2D eigenvalue weighted by molar-refractivity contribution is -0.0385. The Morgan fingerprint density at radius 3 is 2.18 bits per heavy atom. The van der Waals surface area contributed by atoms with Crippen molar-refractivity contribution in [3.63, 3.8) is 0 Å². The van der Waals surface area contributed by atoms with E-state index in [9.17, 15) is 9.90 Å². The molecule has 2 unspecified atom stereocenters. The van der Waals surface area contributed by atoms with Crippen molar-refractivity contribution in [2.45, 2.75) is 78.0 Å². The number of carbonyl (C=O) groups is 1. The standard InChI is InChI=1S/C31H42N2O5/c1-20(37-29(35)22-10-8-21(9-11-22)19-33-12-14-36-15-13-33)27-18-26(32-38-27)23-16-24(30(2,3)4)28(34)25(17-23)31(5,6)7/h8-11,16-18,20,27,32,34H,12-15,19H2,1-7H3. The van der Waals surface area contributed by atoms with Crippen LogP contribution in [0.1, 0.15) is 81.1 Å². The van der Waals surface area contributed by atoms with Crippen molar-refractivity contribution in [1.82, 2.24) is 10.4 Å². The molecule has 1 saturated heterocycles. The van der Waals surface area contributed by atoms with Crippen molar-refractivity contribution in [1.29, 1.82) is 0 Å². The van der Waals surface area contributed by atoms with Gasteiger partial charge in [-0.3, -0.25) is 15.2 Å². The molecular formula is C31H42N2O5. The zero-order valence-corrected chi connectivity index (χ0v) is 23.8. The van der Waals surface area contributed by atoms with Gasteiger partial charge in [-0.1, -0.05) is 53.7 Å². The number of nitrogens with zero attached hydrogens (tertiary/aromatic N) is 1. The van der Waals surface area contributed by atoms with E-state index in [1.54, 1.807) is 0 Å². The lowest BCUT2D eigenvalue weighted by atomic mass is 9.78. The van der Waals surface area contributed by atoms with Gasteiger partial charge in [-0.2, -0.15) is 0 Å². The first-order chi connectivity index (χ1) is 17.8. The summed E-state index contributed by atoms with van der Waals surface area (Å²) in [6.07, 6.45) is 0.996. The summed E-state index contributed by atoms with van der Waals surface area (Å²) >= 11 is 0. The van der Waals surface area contributed by atoms with Crippen molar-refractivity contribution in [3.8, 4) is 5.75 Å². The van der Waals surface area contributed by atoms with Crippen molar-refractivity contribution in [3.05, 3.63) is 70.3 Å². The van der Waals surface area contributed by atoms with Crippen LogP contribution < -0.4 is 5.48 Å². The predicted octanol–water partition coefficient (Wildman–Crippen LogP) is 5.31. The number of carbonyl (C=O) groups excluding carboxylic acids is 1. The number of aromatic hydroxyl groups is 1. The molecule has 7 heteroatoms. The molecule has 2 aromatic carbocycles. The fourth-order valence-electron chi connectivity index (χ4n) is 4.75. The lowest BCUT2D eigenvalue weighted by Crippen LogP contribution is -2.35. The number of hydrogen-bond acceptors (Lipinski definition) is 7. The van der Waals surface area contributed by atoms with E-state index in [-0.39, 0.29) is 16.8 Å². The van der Waals surface area contributed by atoms with Gasteiger partial charge in [-0.15, -0.1) is 0 Å². The van der Waals surface area contributed by atoms with Crippen LogP contribution >= 0.6 is 0 Å². The van der Waals surface area contributed by atoms with Gasteiger partial charge in [0.25, 0.3) is 0 Å². The van der Waals surface area contributed by atoms with Gasteiger partial charge in [0, 0.05) is 36.3 Å². The van der Waals surface area contributed by atoms with Crippen LogP contribution in [-0.4, -0.2) is 54.5 Å². The highest BCUT2D eigenvalue weighted by Gasteiger charge is 2.30. The first-order valence-electron chi connectivity index (χ1n) is 13.4. The lowest BCUT2D eigenvalue weighted by Gasteiger charge is -2.28. The fraction of sp³-hybridized carbons (Fsp3) is 0.516. The minimum absolute atomic E-state index is 0.236. The molecule has 2 aliphatic heterocycles. The molecule has 0 radical (unpaired) electrons. The third-order valence-corrected chi connectivity index (χ3v) is 7.13. The summed E-state index contributed by atoms with van der Waals surface area (Å²) in [5.74, 6) is -0.0429. The SMILES string of the molecule is CC(OC(=O)c1ccc(CN2CCOCC2)cc1)C1C=C(c2cc(C(C)(C)C)c(O)c(C(C)(C)C)c2)NO1. The van der Waals surface area contributed by atoms with Gasteiger partial charge < -0.3 is 14.6 Å². The zero-order chi connectivity index (χ0) is 27.7. The molecule has 2 aliphatic rings. The molecule has 0 bridgehead atoms. The van der Waals surface area contributed by atoms with E-state index in [0.717, 1.165) is 60.8 Å². The van der Waals surface area contributed by atoms with Crippen LogP contribution in [0.3, 0.4) is 0 Å². The van der Waals surface area contributed by atoms with Gasteiger partial charge in [-0.25, -0.2) is 4.79 Å². The zero-order valence-electron chi connectivity index (χ0n) is 23.8. The third-order valence-electron chi connectivity index (χ3n) is 7.13. The highest BCUT2D eigenvalue weighted by Crippen LogP contribution is 2.41. The van der Waals surface area contributed by atoms with E-state index in [2.05, 4.69) is 51.9 Å². The quantitative estimate of drug-likeness (QED) is 0.498. The Morgan fingerprint density at radius 1 is 1.05 bits per heavy atom. The number of ether oxygens (including phenoxy) is 2. The van der Waals surface area contributed by atoms with Crippen LogP contribution in [0.25, 0.3) is 5.70 Å². The average Bonchev–Trinajstić information content (AvgIpc) is 3.34. The van der Waals surface area contributed by atoms with Crippen LogP contribution in [0.4, 0.5) is 0 Å². The van der Waals surface area contributed by atoms with Crippen molar-refractivity contribution in [2.24, 2.45) is 0 Å². The van der Waals surface area contributed by atoms with E-state index in [1.807, 2.05) is 49.4 Å². The summed E-state index contributed by atoms with van der Waals surface area (Å²) in [7, 11) is 0. The van der Waals surface area contributed by atoms with Crippen LogP contribution in [-0.2, 0) is 31.7 Å². The number of phenolic OH excluding ortho intramolecular Hbond substituents is 1. The maximum Gasteiger partial charge on any atom is 0.338 e. The van der Waals surface area contributed by atoms with E-state index in [0.29, 0.717) is 11.3 Å². The molecule has 206 valence electrons. The van der Waals surface area contributed by atoms with Crippen LogP contribution in [0.15, 0.2) is 42.5 Å².